The summed E-state index contributed by atoms with van der Waals surface area (Å²) in [7, 11) is 0. The van der Waals surface area contributed by atoms with Crippen LogP contribution >= 0.6 is 0 Å². The second kappa shape index (κ2) is 8.86. The summed E-state index contributed by atoms with van der Waals surface area (Å²) in [6, 6.07) is 9.42. The van der Waals surface area contributed by atoms with Crippen molar-refractivity contribution in [1.29, 1.82) is 0 Å². The van der Waals surface area contributed by atoms with Crippen LogP contribution in [-0.4, -0.2) is 41.2 Å². The average molecular weight is 412 g/mol. The fourth-order valence-corrected chi connectivity index (χ4v) is 3.03. The molecule has 0 bridgehead atoms. The molecule has 1 aliphatic rings. The molecule has 3 amide bonds. The first kappa shape index (κ1) is 21.2. The molecule has 1 N–H and O–H groups in total. The van der Waals surface area contributed by atoms with Gasteiger partial charge in [0.05, 0.1) is 16.7 Å². The SMILES string of the molecule is CCCCN1C(=O)c2ccc(C(=O)O[C@@H](C)C(=O)Nc3cccc(F)c3)cc2C1=O. The summed E-state index contributed by atoms with van der Waals surface area (Å²) in [6.07, 6.45) is 0.367. The first-order valence-electron chi connectivity index (χ1n) is 9.59. The van der Waals surface area contributed by atoms with E-state index in [9.17, 15) is 23.6 Å². The first-order valence-corrected chi connectivity index (χ1v) is 9.59. The van der Waals surface area contributed by atoms with Crippen molar-refractivity contribution in [2.75, 3.05) is 11.9 Å². The Bertz CT molecular complexity index is 1020. The van der Waals surface area contributed by atoms with Crippen LogP contribution in [0.1, 0.15) is 57.8 Å². The molecule has 1 atom stereocenters. The van der Waals surface area contributed by atoms with E-state index in [2.05, 4.69) is 5.32 Å². The van der Waals surface area contributed by atoms with Crippen molar-refractivity contribution in [3.63, 3.8) is 0 Å². The third-order valence-electron chi connectivity index (χ3n) is 4.69. The van der Waals surface area contributed by atoms with Gasteiger partial charge in [0.1, 0.15) is 5.82 Å². The Labute approximate surface area is 172 Å². The highest BCUT2D eigenvalue weighted by molar-refractivity contribution is 6.22. The van der Waals surface area contributed by atoms with Crippen LogP contribution in [0.15, 0.2) is 42.5 Å². The van der Waals surface area contributed by atoms with Crippen molar-refractivity contribution < 1.29 is 28.3 Å². The van der Waals surface area contributed by atoms with Crippen molar-refractivity contribution in [2.24, 2.45) is 0 Å². The minimum atomic E-state index is -1.16. The lowest BCUT2D eigenvalue weighted by atomic mass is 10.1. The normalized spacial score (nSPS) is 13.8. The number of fused-ring (bicyclic) bond motifs is 1. The van der Waals surface area contributed by atoms with E-state index in [-0.39, 0.29) is 28.3 Å². The molecule has 30 heavy (non-hydrogen) atoms. The maximum absolute atomic E-state index is 13.2. The van der Waals surface area contributed by atoms with Crippen LogP contribution in [0.3, 0.4) is 0 Å². The topological polar surface area (TPSA) is 92.8 Å². The van der Waals surface area contributed by atoms with E-state index < -0.39 is 29.7 Å². The molecule has 0 saturated heterocycles. The van der Waals surface area contributed by atoms with Crippen molar-refractivity contribution in [3.05, 3.63) is 65.0 Å². The van der Waals surface area contributed by atoms with Crippen LogP contribution in [-0.2, 0) is 9.53 Å². The van der Waals surface area contributed by atoms with E-state index in [1.165, 1.54) is 48.2 Å². The minimum absolute atomic E-state index is 0.0534. The molecule has 0 radical (unpaired) electrons. The zero-order valence-electron chi connectivity index (χ0n) is 16.6. The zero-order chi connectivity index (χ0) is 21.8. The summed E-state index contributed by atoms with van der Waals surface area (Å²) in [4.78, 5) is 50.7. The Morgan fingerprint density at radius 3 is 2.53 bits per heavy atom. The van der Waals surface area contributed by atoms with Gasteiger partial charge in [0, 0.05) is 12.2 Å². The molecule has 1 heterocycles. The van der Waals surface area contributed by atoms with Crippen LogP contribution in [0.25, 0.3) is 0 Å². The fraction of sp³-hybridized carbons (Fsp3) is 0.273. The Morgan fingerprint density at radius 1 is 1.10 bits per heavy atom. The van der Waals surface area contributed by atoms with Crippen LogP contribution in [0.2, 0.25) is 0 Å². The Balaban J connectivity index is 1.68. The van der Waals surface area contributed by atoms with E-state index in [0.717, 1.165) is 12.5 Å². The lowest BCUT2D eigenvalue weighted by molar-refractivity contribution is -0.123. The van der Waals surface area contributed by atoms with Gasteiger partial charge in [-0.15, -0.1) is 0 Å². The van der Waals surface area contributed by atoms with Gasteiger partial charge in [-0.25, -0.2) is 9.18 Å². The number of benzene rings is 2. The lowest BCUT2D eigenvalue weighted by Gasteiger charge is -2.14. The van der Waals surface area contributed by atoms with E-state index in [4.69, 9.17) is 4.74 Å². The zero-order valence-corrected chi connectivity index (χ0v) is 16.6. The average Bonchev–Trinajstić information content (AvgIpc) is 2.96. The van der Waals surface area contributed by atoms with Crippen LogP contribution in [0.4, 0.5) is 10.1 Å². The van der Waals surface area contributed by atoms with Gasteiger partial charge in [-0.05, 0) is 49.7 Å². The number of unbranched alkanes of at least 4 members (excludes halogenated alkanes) is 1. The van der Waals surface area contributed by atoms with E-state index in [1.54, 1.807) is 0 Å². The number of hydrogen-bond acceptors (Lipinski definition) is 5. The number of anilines is 1. The van der Waals surface area contributed by atoms with Crippen molar-refractivity contribution in [1.82, 2.24) is 4.90 Å². The molecule has 2 aromatic rings. The number of rotatable bonds is 7. The van der Waals surface area contributed by atoms with Gasteiger partial charge in [-0.1, -0.05) is 19.4 Å². The van der Waals surface area contributed by atoms with Crippen LogP contribution in [0.5, 0.6) is 0 Å². The predicted octanol–water partition coefficient (Wildman–Crippen LogP) is 3.41. The van der Waals surface area contributed by atoms with Gasteiger partial charge in [0.2, 0.25) is 0 Å². The molecule has 2 aromatic carbocycles. The molecule has 156 valence electrons. The summed E-state index contributed by atoms with van der Waals surface area (Å²) < 4.78 is 18.4. The lowest BCUT2D eigenvalue weighted by Crippen LogP contribution is -2.30. The highest BCUT2D eigenvalue weighted by atomic mass is 19.1. The predicted molar refractivity (Wildman–Crippen MR) is 107 cm³/mol. The van der Waals surface area contributed by atoms with E-state index in [1.807, 2.05) is 6.92 Å². The summed E-state index contributed by atoms with van der Waals surface area (Å²) in [5.41, 5.74) is 0.668. The molecule has 0 aromatic heterocycles. The second-order valence-corrected chi connectivity index (χ2v) is 6.92. The number of halogens is 1. The highest BCUT2D eigenvalue weighted by Gasteiger charge is 2.35. The maximum atomic E-state index is 13.2. The number of ether oxygens (including phenoxy) is 1. The molecule has 3 rings (SSSR count). The van der Waals surface area contributed by atoms with Gasteiger partial charge in [0.25, 0.3) is 17.7 Å². The quantitative estimate of drug-likeness (QED) is 0.556. The van der Waals surface area contributed by atoms with E-state index >= 15 is 0 Å². The summed E-state index contributed by atoms with van der Waals surface area (Å²) in [5.74, 6) is -2.79. The van der Waals surface area contributed by atoms with Crippen molar-refractivity contribution >= 4 is 29.4 Å². The van der Waals surface area contributed by atoms with Gasteiger partial charge in [-0.3, -0.25) is 19.3 Å². The molecule has 0 fully saturated rings. The molecule has 0 aliphatic carbocycles. The molecule has 0 spiro atoms. The molecule has 8 heteroatoms. The second-order valence-electron chi connectivity index (χ2n) is 6.92. The number of nitrogens with zero attached hydrogens (tertiary/aromatic N) is 1. The largest absolute Gasteiger partial charge is 0.449 e. The summed E-state index contributed by atoms with van der Waals surface area (Å²) in [6.45, 7) is 3.65. The Hall–Kier alpha value is -3.55. The highest BCUT2D eigenvalue weighted by Crippen LogP contribution is 2.25. The molecule has 0 unspecified atom stereocenters. The number of esters is 1. The van der Waals surface area contributed by atoms with Gasteiger partial charge < -0.3 is 10.1 Å². The standard InChI is InChI=1S/C22H21FN2O5/c1-3-4-10-25-20(27)17-9-8-14(11-18(17)21(25)28)22(29)30-13(2)19(26)24-16-7-5-6-15(23)12-16/h5-9,11-13H,3-4,10H2,1-2H3,(H,24,26)/t13-/m0/s1. The molecule has 1 aliphatic heterocycles. The van der Waals surface area contributed by atoms with Gasteiger partial charge >= 0.3 is 5.97 Å². The first-order chi connectivity index (χ1) is 14.3. The third-order valence-corrected chi connectivity index (χ3v) is 4.69. The van der Waals surface area contributed by atoms with Crippen molar-refractivity contribution in [3.8, 4) is 0 Å². The summed E-state index contributed by atoms with van der Waals surface area (Å²) in [5, 5.41) is 2.46. The fourth-order valence-electron chi connectivity index (χ4n) is 3.03. The van der Waals surface area contributed by atoms with Crippen LogP contribution in [0, 0.1) is 5.82 Å². The molecule has 7 nitrogen and oxygen atoms in total. The third kappa shape index (κ3) is 4.37. The Morgan fingerprint density at radius 2 is 1.83 bits per heavy atom. The number of imide groups is 1. The maximum Gasteiger partial charge on any atom is 0.338 e. The van der Waals surface area contributed by atoms with Gasteiger partial charge in [-0.2, -0.15) is 0 Å². The monoisotopic (exact) mass is 412 g/mol. The number of amides is 3. The number of hydrogen-bond donors (Lipinski definition) is 1. The van der Waals surface area contributed by atoms with Crippen molar-refractivity contribution in [2.45, 2.75) is 32.8 Å². The number of carbonyl (C=O) groups is 4. The number of carbonyl (C=O) groups excluding carboxylic acids is 4. The summed E-state index contributed by atoms with van der Waals surface area (Å²) >= 11 is 0. The Kier molecular flexibility index (Phi) is 6.25. The number of nitrogens with one attached hydrogen (secondary N) is 1. The van der Waals surface area contributed by atoms with Crippen LogP contribution < -0.4 is 5.32 Å². The molecule has 0 saturated carbocycles. The molecular formula is C22H21FN2O5. The molecular weight excluding hydrogens is 391 g/mol. The minimum Gasteiger partial charge on any atom is -0.449 e. The van der Waals surface area contributed by atoms with Gasteiger partial charge in [0.15, 0.2) is 6.10 Å². The smallest absolute Gasteiger partial charge is 0.338 e. The van der Waals surface area contributed by atoms with E-state index in [0.29, 0.717) is 13.0 Å².